The normalized spacial score (nSPS) is 16.4. The summed E-state index contributed by atoms with van der Waals surface area (Å²) in [5, 5.41) is 0. The van der Waals surface area contributed by atoms with E-state index in [9.17, 15) is 0 Å². The third-order valence-electron chi connectivity index (χ3n) is 2.26. The molecule has 1 unspecified atom stereocenters. The first-order chi connectivity index (χ1) is 5.18. The summed E-state index contributed by atoms with van der Waals surface area (Å²) >= 11 is 0. The van der Waals surface area contributed by atoms with Gasteiger partial charge >= 0.3 is 0 Å². The fourth-order valence-electron chi connectivity index (χ4n) is 1.17. The minimum atomic E-state index is 0.844. The predicted octanol–water partition coefficient (Wildman–Crippen LogP) is 1.86. The van der Waals surface area contributed by atoms with Crippen LogP contribution in [-0.2, 0) is 4.74 Å². The van der Waals surface area contributed by atoms with Gasteiger partial charge in [0.25, 0.3) is 0 Å². The zero-order valence-electron chi connectivity index (χ0n) is 8.39. The summed E-state index contributed by atoms with van der Waals surface area (Å²) < 4.78 is 6.21. The summed E-state index contributed by atoms with van der Waals surface area (Å²) in [6.45, 7) is 7.69. The molecule has 0 aromatic carbocycles. The molecule has 0 aromatic rings. The van der Waals surface area contributed by atoms with E-state index in [1.54, 1.807) is 7.11 Å². The van der Waals surface area contributed by atoms with E-state index in [-0.39, 0.29) is 0 Å². The number of ether oxygens (including phenoxy) is 1. The highest BCUT2D eigenvalue weighted by Gasteiger charge is 2.16. The van der Waals surface area contributed by atoms with E-state index >= 15 is 0 Å². The summed E-state index contributed by atoms with van der Waals surface area (Å²) in [6, 6.07) is 0. The van der Waals surface area contributed by atoms with Crippen molar-refractivity contribution < 1.29 is 9.22 Å². The van der Waals surface area contributed by atoms with Crippen LogP contribution < -0.4 is 0 Å². The molecule has 0 radical (unpaired) electrons. The molecule has 0 aromatic heterocycles. The van der Waals surface area contributed by atoms with Gasteiger partial charge in [-0.15, -0.1) is 0 Å². The van der Waals surface area contributed by atoms with Gasteiger partial charge in [0.15, 0.2) is 6.73 Å². The second-order valence-electron chi connectivity index (χ2n) is 3.43. The van der Waals surface area contributed by atoms with Gasteiger partial charge in [-0.2, -0.15) is 0 Å². The highest BCUT2D eigenvalue weighted by molar-refractivity contribution is 4.33. The van der Waals surface area contributed by atoms with Gasteiger partial charge in [-0.3, -0.25) is 0 Å². The Balaban J connectivity index is 3.68. The van der Waals surface area contributed by atoms with Crippen molar-refractivity contribution in [3.63, 3.8) is 0 Å². The molecule has 0 rings (SSSR count). The molecule has 0 saturated heterocycles. The lowest BCUT2D eigenvalue weighted by atomic mass is 10.3. The topological polar surface area (TPSA) is 9.23 Å². The van der Waals surface area contributed by atoms with Crippen molar-refractivity contribution in [1.82, 2.24) is 0 Å². The highest BCUT2D eigenvalue weighted by Crippen LogP contribution is 2.04. The van der Waals surface area contributed by atoms with Gasteiger partial charge in [0.1, 0.15) is 0 Å². The van der Waals surface area contributed by atoms with Gasteiger partial charge in [-0.25, -0.2) is 0 Å². The van der Waals surface area contributed by atoms with Crippen molar-refractivity contribution in [3.8, 4) is 0 Å². The molecule has 0 N–H and O–H groups in total. The lowest BCUT2D eigenvalue weighted by molar-refractivity contribution is -0.926. The fourth-order valence-corrected chi connectivity index (χ4v) is 1.17. The molecule has 0 spiro atoms. The van der Waals surface area contributed by atoms with E-state index in [4.69, 9.17) is 4.74 Å². The zero-order valence-corrected chi connectivity index (χ0v) is 8.39. The average molecular weight is 160 g/mol. The second-order valence-corrected chi connectivity index (χ2v) is 3.43. The highest BCUT2D eigenvalue weighted by atomic mass is 16.5. The Kier molecular flexibility index (Phi) is 5.51. The Morgan fingerprint density at radius 2 is 1.91 bits per heavy atom. The average Bonchev–Trinajstić information content (AvgIpc) is 2.02. The van der Waals surface area contributed by atoms with Gasteiger partial charge in [0.2, 0.25) is 0 Å². The first kappa shape index (κ1) is 10.9. The molecule has 0 amide bonds. The summed E-state index contributed by atoms with van der Waals surface area (Å²) in [5.74, 6) is 0. The van der Waals surface area contributed by atoms with Crippen LogP contribution in [0.5, 0.6) is 0 Å². The lowest BCUT2D eigenvalue weighted by Gasteiger charge is -2.32. The maximum atomic E-state index is 5.17. The van der Waals surface area contributed by atoms with Gasteiger partial charge in [-0.05, 0) is 13.3 Å². The van der Waals surface area contributed by atoms with Crippen molar-refractivity contribution in [2.45, 2.75) is 26.7 Å². The molecule has 0 aliphatic rings. The molecule has 0 bridgehead atoms. The van der Waals surface area contributed by atoms with Gasteiger partial charge in [0, 0.05) is 7.11 Å². The Bertz CT molecular complexity index is 95.6. The van der Waals surface area contributed by atoms with Crippen LogP contribution in [0.2, 0.25) is 0 Å². The van der Waals surface area contributed by atoms with Gasteiger partial charge in [0.05, 0.1) is 20.1 Å². The van der Waals surface area contributed by atoms with E-state index in [1.807, 2.05) is 0 Å². The monoisotopic (exact) mass is 160 g/mol. The molecule has 68 valence electrons. The van der Waals surface area contributed by atoms with Crippen LogP contribution in [0.1, 0.15) is 26.7 Å². The van der Waals surface area contributed by atoms with Crippen molar-refractivity contribution in [1.29, 1.82) is 0 Å². The van der Waals surface area contributed by atoms with Crippen molar-refractivity contribution in [3.05, 3.63) is 0 Å². The molecule has 1 atom stereocenters. The summed E-state index contributed by atoms with van der Waals surface area (Å²) in [4.78, 5) is 0. The van der Waals surface area contributed by atoms with Gasteiger partial charge < -0.3 is 9.22 Å². The Morgan fingerprint density at radius 3 is 2.27 bits per heavy atom. The van der Waals surface area contributed by atoms with Crippen LogP contribution in [0, 0.1) is 0 Å². The Hall–Kier alpha value is -0.0800. The molecule has 0 heterocycles. The molecular formula is C9H22NO+. The van der Waals surface area contributed by atoms with E-state index in [2.05, 4.69) is 20.9 Å². The van der Waals surface area contributed by atoms with Crippen molar-refractivity contribution in [2.24, 2.45) is 0 Å². The second kappa shape index (κ2) is 5.56. The van der Waals surface area contributed by atoms with Gasteiger partial charge in [-0.1, -0.05) is 13.3 Å². The maximum Gasteiger partial charge on any atom is 0.182 e. The number of methoxy groups -OCH3 is 1. The smallest absolute Gasteiger partial charge is 0.182 e. The SMILES string of the molecule is CCCC[N+](C)(CC)COC. The lowest BCUT2D eigenvalue weighted by Crippen LogP contribution is -2.45. The number of nitrogens with zero attached hydrogens (tertiary/aromatic N) is 1. The molecule has 11 heavy (non-hydrogen) atoms. The van der Waals surface area contributed by atoms with Crippen LogP contribution in [0.3, 0.4) is 0 Å². The molecular weight excluding hydrogens is 138 g/mol. The standard InChI is InChI=1S/C9H22NO/c1-5-7-8-10(3,6-2)9-11-4/h5-9H2,1-4H3/q+1. The minimum absolute atomic E-state index is 0.844. The minimum Gasteiger partial charge on any atom is -0.335 e. The third kappa shape index (κ3) is 4.38. The molecule has 0 aliphatic carbocycles. The number of hydrogen-bond donors (Lipinski definition) is 0. The van der Waals surface area contributed by atoms with Crippen LogP contribution in [-0.4, -0.2) is 38.5 Å². The maximum absolute atomic E-state index is 5.17. The number of hydrogen-bond acceptors (Lipinski definition) is 1. The number of quaternary nitrogens is 1. The van der Waals surface area contributed by atoms with E-state index in [0.29, 0.717) is 0 Å². The molecule has 0 saturated carbocycles. The Labute approximate surface area is 70.7 Å². The molecule has 2 heteroatoms. The third-order valence-corrected chi connectivity index (χ3v) is 2.26. The fraction of sp³-hybridized carbons (Fsp3) is 1.00. The number of rotatable bonds is 6. The largest absolute Gasteiger partial charge is 0.335 e. The molecule has 0 aliphatic heterocycles. The Morgan fingerprint density at radius 1 is 1.27 bits per heavy atom. The van der Waals surface area contributed by atoms with E-state index in [1.165, 1.54) is 19.4 Å². The van der Waals surface area contributed by atoms with Crippen LogP contribution in [0.15, 0.2) is 0 Å². The molecule has 2 nitrogen and oxygen atoms in total. The van der Waals surface area contributed by atoms with Crippen molar-refractivity contribution in [2.75, 3.05) is 34.0 Å². The number of unbranched alkanes of at least 4 members (excludes halogenated alkanes) is 1. The van der Waals surface area contributed by atoms with E-state index in [0.717, 1.165) is 17.8 Å². The van der Waals surface area contributed by atoms with Crippen molar-refractivity contribution >= 4 is 0 Å². The van der Waals surface area contributed by atoms with E-state index < -0.39 is 0 Å². The first-order valence-electron chi connectivity index (χ1n) is 4.51. The quantitative estimate of drug-likeness (QED) is 0.425. The summed E-state index contributed by atoms with van der Waals surface area (Å²) in [5.41, 5.74) is 0. The first-order valence-corrected chi connectivity index (χ1v) is 4.51. The van der Waals surface area contributed by atoms with Crippen LogP contribution in [0.4, 0.5) is 0 Å². The summed E-state index contributed by atoms with van der Waals surface area (Å²) in [7, 11) is 4.03. The summed E-state index contributed by atoms with van der Waals surface area (Å²) in [6.07, 6.45) is 2.57. The predicted molar refractivity (Wildman–Crippen MR) is 48.4 cm³/mol. The zero-order chi connectivity index (χ0) is 8.74. The van der Waals surface area contributed by atoms with Crippen LogP contribution in [0.25, 0.3) is 0 Å². The van der Waals surface area contributed by atoms with Crippen LogP contribution >= 0.6 is 0 Å². The molecule has 0 fully saturated rings.